The van der Waals surface area contributed by atoms with Crippen molar-refractivity contribution >= 4 is 23.4 Å². The Hall–Kier alpha value is -2.94. The highest BCUT2D eigenvalue weighted by Crippen LogP contribution is 2.28. The largest absolute Gasteiger partial charge is 0.497 e. The molecule has 0 bridgehead atoms. The first-order valence-electron chi connectivity index (χ1n) is 8.86. The van der Waals surface area contributed by atoms with Crippen molar-refractivity contribution in [2.45, 2.75) is 25.0 Å². The summed E-state index contributed by atoms with van der Waals surface area (Å²) in [6, 6.07) is 10.8. The Bertz CT molecular complexity index is 1010. The number of hydrogen-bond donors (Lipinski definition) is 1. The Morgan fingerprint density at radius 1 is 1.14 bits per heavy atom. The second kappa shape index (κ2) is 9.04. The van der Waals surface area contributed by atoms with Crippen LogP contribution in [0.5, 0.6) is 5.75 Å². The molecule has 152 valence electrons. The third-order valence-corrected chi connectivity index (χ3v) is 5.01. The minimum absolute atomic E-state index is 0.0481. The third kappa shape index (κ3) is 4.92. The van der Waals surface area contributed by atoms with E-state index in [9.17, 15) is 13.6 Å². The maximum Gasteiger partial charge on any atom is 0.234 e. The molecule has 1 N–H and O–H groups in total. The van der Waals surface area contributed by atoms with Gasteiger partial charge in [-0.05, 0) is 50.2 Å². The highest BCUT2D eigenvalue weighted by atomic mass is 32.2. The number of anilines is 1. The van der Waals surface area contributed by atoms with Gasteiger partial charge in [-0.2, -0.15) is 0 Å². The quantitative estimate of drug-likeness (QED) is 0.571. The van der Waals surface area contributed by atoms with Gasteiger partial charge in [0.15, 0.2) is 22.6 Å². The number of rotatable bonds is 7. The number of methoxy groups -OCH3 is 1. The first-order valence-corrected chi connectivity index (χ1v) is 9.84. The number of carbonyl (C=O) groups is 1. The van der Waals surface area contributed by atoms with E-state index in [1.54, 1.807) is 7.11 Å². The van der Waals surface area contributed by atoms with E-state index in [-0.39, 0.29) is 23.4 Å². The zero-order chi connectivity index (χ0) is 21.0. The molecule has 0 aliphatic heterocycles. The number of amides is 1. The molecule has 0 saturated heterocycles. The van der Waals surface area contributed by atoms with E-state index < -0.39 is 11.6 Å². The molecule has 2 aromatic carbocycles. The van der Waals surface area contributed by atoms with Crippen molar-refractivity contribution in [3.8, 4) is 17.1 Å². The van der Waals surface area contributed by atoms with Crippen molar-refractivity contribution in [2.24, 2.45) is 0 Å². The highest BCUT2D eigenvalue weighted by Gasteiger charge is 2.18. The highest BCUT2D eigenvalue weighted by molar-refractivity contribution is 7.99. The summed E-state index contributed by atoms with van der Waals surface area (Å²) in [7, 11) is 1.60. The van der Waals surface area contributed by atoms with Crippen LogP contribution in [0.2, 0.25) is 0 Å². The van der Waals surface area contributed by atoms with Crippen LogP contribution in [0.15, 0.2) is 47.6 Å². The number of ether oxygens (including phenoxy) is 1. The first-order chi connectivity index (χ1) is 13.9. The number of benzene rings is 2. The van der Waals surface area contributed by atoms with Crippen LogP contribution in [-0.2, 0) is 4.79 Å². The first kappa shape index (κ1) is 20.8. The molecule has 1 heterocycles. The van der Waals surface area contributed by atoms with E-state index in [4.69, 9.17) is 4.74 Å². The summed E-state index contributed by atoms with van der Waals surface area (Å²) in [4.78, 5) is 12.2. The second-order valence-corrected chi connectivity index (χ2v) is 7.41. The van der Waals surface area contributed by atoms with Gasteiger partial charge in [0.1, 0.15) is 5.75 Å². The van der Waals surface area contributed by atoms with E-state index in [0.29, 0.717) is 11.0 Å². The molecule has 0 radical (unpaired) electrons. The van der Waals surface area contributed by atoms with Gasteiger partial charge >= 0.3 is 0 Å². The second-order valence-electron chi connectivity index (χ2n) is 6.46. The lowest BCUT2D eigenvalue weighted by molar-refractivity contribution is -0.113. The summed E-state index contributed by atoms with van der Waals surface area (Å²) in [5.74, 6) is -0.858. The molecule has 3 aromatic rings. The normalized spacial score (nSPS) is 11.0. The fourth-order valence-corrected chi connectivity index (χ4v) is 3.55. The van der Waals surface area contributed by atoms with Crippen LogP contribution in [0.3, 0.4) is 0 Å². The van der Waals surface area contributed by atoms with Crippen molar-refractivity contribution in [1.82, 2.24) is 14.8 Å². The summed E-state index contributed by atoms with van der Waals surface area (Å²) < 4.78 is 33.4. The van der Waals surface area contributed by atoms with Crippen LogP contribution < -0.4 is 10.1 Å². The molecule has 0 atom stereocenters. The molecule has 29 heavy (non-hydrogen) atoms. The lowest BCUT2D eigenvalue weighted by Gasteiger charge is -2.14. The van der Waals surface area contributed by atoms with Crippen LogP contribution in [0.4, 0.5) is 14.5 Å². The van der Waals surface area contributed by atoms with Gasteiger partial charge in [-0.15, -0.1) is 10.2 Å². The summed E-state index contributed by atoms with van der Waals surface area (Å²) in [6.07, 6.45) is 0. The summed E-state index contributed by atoms with van der Waals surface area (Å²) in [6.45, 7) is 4.00. The molecule has 0 spiro atoms. The van der Waals surface area contributed by atoms with E-state index in [0.717, 1.165) is 23.4 Å². The molecule has 0 aliphatic carbocycles. The molecule has 0 fully saturated rings. The Kier molecular flexibility index (Phi) is 6.48. The number of nitrogens with one attached hydrogen (secondary N) is 1. The number of thioether (sulfide) groups is 1. The van der Waals surface area contributed by atoms with Crippen molar-refractivity contribution in [1.29, 1.82) is 0 Å². The van der Waals surface area contributed by atoms with Crippen molar-refractivity contribution in [3.63, 3.8) is 0 Å². The van der Waals surface area contributed by atoms with E-state index in [1.165, 1.54) is 17.8 Å². The zero-order valence-electron chi connectivity index (χ0n) is 16.1. The molecule has 1 amide bonds. The molecule has 0 saturated carbocycles. The average molecular weight is 418 g/mol. The van der Waals surface area contributed by atoms with Crippen LogP contribution in [0, 0.1) is 11.6 Å². The maximum atomic E-state index is 13.3. The number of carbonyl (C=O) groups excluding carboxylic acids is 1. The maximum absolute atomic E-state index is 13.3. The smallest absolute Gasteiger partial charge is 0.234 e. The predicted octanol–water partition coefficient (Wildman–Crippen LogP) is 4.54. The van der Waals surface area contributed by atoms with Crippen molar-refractivity contribution in [2.75, 3.05) is 18.2 Å². The van der Waals surface area contributed by atoms with E-state index in [1.807, 2.05) is 42.7 Å². The third-order valence-electron chi connectivity index (χ3n) is 4.06. The topological polar surface area (TPSA) is 69.0 Å². The Balaban J connectivity index is 1.72. The lowest BCUT2D eigenvalue weighted by Crippen LogP contribution is -2.15. The molecular weight excluding hydrogens is 398 g/mol. The molecule has 3 rings (SSSR count). The minimum Gasteiger partial charge on any atom is -0.497 e. The van der Waals surface area contributed by atoms with Gasteiger partial charge in [0, 0.05) is 23.4 Å². The minimum atomic E-state index is -1.01. The fourth-order valence-electron chi connectivity index (χ4n) is 2.68. The number of halogens is 2. The predicted molar refractivity (Wildman–Crippen MR) is 108 cm³/mol. The molecule has 0 aliphatic rings. The van der Waals surface area contributed by atoms with Gasteiger partial charge in [0.25, 0.3) is 0 Å². The van der Waals surface area contributed by atoms with Crippen molar-refractivity contribution in [3.05, 3.63) is 54.1 Å². The average Bonchev–Trinajstić information content (AvgIpc) is 3.13. The summed E-state index contributed by atoms with van der Waals surface area (Å²) >= 11 is 1.22. The molecule has 6 nitrogen and oxygen atoms in total. The van der Waals surface area contributed by atoms with Crippen molar-refractivity contribution < 1.29 is 18.3 Å². The van der Waals surface area contributed by atoms with Gasteiger partial charge < -0.3 is 10.1 Å². The summed E-state index contributed by atoms with van der Waals surface area (Å²) in [5.41, 5.74) is 1.07. The Morgan fingerprint density at radius 3 is 2.48 bits per heavy atom. The monoisotopic (exact) mass is 418 g/mol. The lowest BCUT2D eigenvalue weighted by atomic mass is 10.2. The van der Waals surface area contributed by atoms with Crippen LogP contribution in [-0.4, -0.2) is 33.5 Å². The van der Waals surface area contributed by atoms with Gasteiger partial charge in [0.05, 0.1) is 12.9 Å². The molecule has 1 aromatic heterocycles. The van der Waals surface area contributed by atoms with E-state index >= 15 is 0 Å². The standard InChI is InChI=1S/C20H20F2N4O2S/c1-12(2)26-19(13-4-7-15(28-3)8-5-13)24-25-20(26)29-11-18(27)23-14-6-9-16(21)17(22)10-14/h4-10,12H,11H2,1-3H3,(H,23,27). The van der Waals surface area contributed by atoms with Gasteiger partial charge in [-0.25, -0.2) is 8.78 Å². The Morgan fingerprint density at radius 2 is 1.86 bits per heavy atom. The molecule has 0 unspecified atom stereocenters. The number of hydrogen-bond acceptors (Lipinski definition) is 5. The number of aromatic nitrogens is 3. The van der Waals surface area contributed by atoms with Crippen LogP contribution in [0.1, 0.15) is 19.9 Å². The fraction of sp³-hybridized carbons (Fsp3) is 0.250. The van der Waals surface area contributed by atoms with E-state index in [2.05, 4.69) is 15.5 Å². The number of nitrogens with zero attached hydrogens (tertiary/aromatic N) is 3. The van der Waals surface area contributed by atoms with Crippen LogP contribution >= 0.6 is 11.8 Å². The zero-order valence-corrected chi connectivity index (χ0v) is 17.0. The summed E-state index contributed by atoms with van der Waals surface area (Å²) in [5, 5.41) is 11.6. The van der Waals surface area contributed by atoms with Gasteiger partial charge in [-0.1, -0.05) is 11.8 Å². The SMILES string of the molecule is COc1ccc(-c2nnc(SCC(=O)Nc3ccc(F)c(F)c3)n2C(C)C)cc1. The molecular formula is C20H20F2N4O2S. The van der Waals surface area contributed by atoms with Gasteiger partial charge in [0.2, 0.25) is 5.91 Å². The van der Waals surface area contributed by atoms with Crippen LogP contribution in [0.25, 0.3) is 11.4 Å². The Labute approximate surface area is 171 Å². The van der Waals surface area contributed by atoms with Gasteiger partial charge in [-0.3, -0.25) is 9.36 Å². The molecule has 9 heteroatoms.